The average molecular weight is 154 g/mol. The van der Waals surface area contributed by atoms with Crippen molar-refractivity contribution in [2.75, 3.05) is 0 Å². The summed E-state index contributed by atoms with van der Waals surface area (Å²) in [7, 11) is 0. The number of hydrogen-bond donors (Lipinski definition) is 1. The van der Waals surface area contributed by atoms with Crippen LogP contribution in [0.1, 0.15) is 24.8 Å². The predicted octanol–water partition coefficient (Wildman–Crippen LogP) is 1.44. The largest absolute Gasteiger partial charge is 0.411 e. The molecule has 0 aromatic carbocycles. The van der Waals surface area contributed by atoms with Gasteiger partial charge in [0, 0.05) is 6.07 Å². The van der Waals surface area contributed by atoms with Crippen molar-refractivity contribution < 1.29 is 9.73 Å². The van der Waals surface area contributed by atoms with Crippen LogP contribution in [0.25, 0.3) is 0 Å². The summed E-state index contributed by atoms with van der Waals surface area (Å²) < 4.78 is 4.80. The van der Waals surface area contributed by atoms with Gasteiger partial charge in [-0.15, -0.1) is 0 Å². The van der Waals surface area contributed by atoms with Crippen molar-refractivity contribution in [2.45, 2.75) is 19.8 Å². The first-order valence-corrected chi connectivity index (χ1v) is 3.50. The van der Waals surface area contributed by atoms with Crippen LogP contribution in [0.2, 0.25) is 0 Å². The molecule has 0 aliphatic carbocycles. The van der Waals surface area contributed by atoms with Gasteiger partial charge >= 0.3 is 0 Å². The third kappa shape index (κ3) is 2.07. The third-order valence-electron chi connectivity index (χ3n) is 1.27. The van der Waals surface area contributed by atoms with Crippen LogP contribution in [-0.4, -0.2) is 16.6 Å². The van der Waals surface area contributed by atoms with Crippen LogP contribution in [-0.2, 0) is 6.42 Å². The molecule has 0 atom stereocenters. The number of aromatic nitrogens is 1. The fourth-order valence-electron chi connectivity index (χ4n) is 0.820. The number of nitrogens with zero attached hydrogens (tertiary/aromatic N) is 2. The first-order valence-electron chi connectivity index (χ1n) is 3.50. The zero-order valence-corrected chi connectivity index (χ0v) is 6.32. The maximum Gasteiger partial charge on any atom is 0.181 e. The van der Waals surface area contributed by atoms with Gasteiger partial charge in [-0.25, -0.2) is 0 Å². The molecule has 0 spiro atoms. The van der Waals surface area contributed by atoms with E-state index in [1.807, 2.05) is 0 Å². The SMILES string of the molecule is CCCc1cc(/C=N/O)on1. The molecule has 4 heteroatoms. The average Bonchev–Trinajstić information content (AvgIpc) is 2.38. The Morgan fingerprint density at radius 1 is 1.82 bits per heavy atom. The Kier molecular flexibility index (Phi) is 2.66. The number of oxime groups is 1. The van der Waals surface area contributed by atoms with Gasteiger partial charge in [0.15, 0.2) is 5.76 Å². The Hall–Kier alpha value is -1.32. The van der Waals surface area contributed by atoms with E-state index in [4.69, 9.17) is 9.73 Å². The second-order valence-electron chi connectivity index (χ2n) is 2.22. The Morgan fingerprint density at radius 2 is 2.64 bits per heavy atom. The van der Waals surface area contributed by atoms with E-state index in [0.717, 1.165) is 18.5 Å². The van der Waals surface area contributed by atoms with E-state index < -0.39 is 0 Å². The van der Waals surface area contributed by atoms with E-state index in [2.05, 4.69) is 17.2 Å². The molecule has 0 aliphatic rings. The van der Waals surface area contributed by atoms with Crippen molar-refractivity contribution in [3.05, 3.63) is 17.5 Å². The van der Waals surface area contributed by atoms with Crippen molar-refractivity contribution in [1.29, 1.82) is 0 Å². The number of hydrogen-bond acceptors (Lipinski definition) is 4. The van der Waals surface area contributed by atoms with Crippen LogP contribution in [0.5, 0.6) is 0 Å². The minimum atomic E-state index is 0.482. The van der Waals surface area contributed by atoms with Crippen molar-refractivity contribution >= 4 is 6.21 Å². The molecule has 1 aromatic heterocycles. The maximum atomic E-state index is 8.14. The molecule has 0 aliphatic heterocycles. The summed E-state index contributed by atoms with van der Waals surface area (Å²) in [5.41, 5.74) is 0.891. The van der Waals surface area contributed by atoms with Crippen LogP contribution >= 0.6 is 0 Å². The lowest BCUT2D eigenvalue weighted by molar-refractivity contribution is 0.319. The molecule has 0 fully saturated rings. The first-order chi connectivity index (χ1) is 5.36. The van der Waals surface area contributed by atoms with Gasteiger partial charge in [-0.05, 0) is 6.42 Å². The minimum absolute atomic E-state index is 0.482. The zero-order valence-electron chi connectivity index (χ0n) is 6.32. The Morgan fingerprint density at radius 3 is 3.27 bits per heavy atom. The molecule has 1 aromatic rings. The Bertz CT molecular complexity index is 242. The topological polar surface area (TPSA) is 58.6 Å². The highest BCUT2D eigenvalue weighted by Crippen LogP contribution is 2.02. The fraction of sp³-hybridized carbons (Fsp3) is 0.429. The van der Waals surface area contributed by atoms with E-state index in [1.165, 1.54) is 6.21 Å². The summed E-state index contributed by atoms with van der Waals surface area (Å²) in [6.45, 7) is 2.06. The quantitative estimate of drug-likeness (QED) is 0.407. The van der Waals surface area contributed by atoms with Gasteiger partial charge in [-0.1, -0.05) is 23.7 Å². The summed E-state index contributed by atoms with van der Waals surface area (Å²) in [6.07, 6.45) is 3.14. The molecule has 1 heterocycles. The van der Waals surface area contributed by atoms with Crippen LogP contribution in [0.4, 0.5) is 0 Å². The second-order valence-corrected chi connectivity index (χ2v) is 2.22. The van der Waals surface area contributed by atoms with Crippen molar-refractivity contribution in [3.63, 3.8) is 0 Å². The zero-order chi connectivity index (χ0) is 8.10. The Balaban J connectivity index is 2.65. The van der Waals surface area contributed by atoms with Gasteiger partial charge in [0.05, 0.1) is 5.69 Å². The fourth-order valence-corrected chi connectivity index (χ4v) is 0.820. The van der Waals surface area contributed by atoms with Crippen LogP contribution < -0.4 is 0 Å². The van der Waals surface area contributed by atoms with Gasteiger partial charge in [0.1, 0.15) is 6.21 Å². The van der Waals surface area contributed by atoms with Crippen molar-refractivity contribution in [2.24, 2.45) is 5.16 Å². The highest BCUT2D eigenvalue weighted by molar-refractivity contribution is 5.74. The molecule has 1 N–H and O–H groups in total. The lowest BCUT2D eigenvalue weighted by atomic mass is 10.2. The third-order valence-corrected chi connectivity index (χ3v) is 1.27. The molecule has 11 heavy (non-hydrogen) atoms. The standard InChI is InChI=1S/C7H10N2O2/c1-2-3-6-4-7(5-8-10)11-9-6/h4-5,10H,2-3H2,1H3/b8-5+. The molecule has 60 valence electrons. The van der Waals surface area contributed by atoms with E-state index in [-0.39, 0.29) is 0 Å². The molecule has 0 amide bonds. The predicted molar refractivity (Wildman–Crippen MR) is 39.9 cm³/mol. The highest BCUT2D eigenvalue weighted by Gasteiger charge is 1.99. The van der Waals surface area contributed by atoms with Gasteiger partial charge in [-0.2, -0.15) is 0 Å². The van der Waals surface area contributed by atoms with Gasteiger partial charge in [0.25, 0.3) is 0 Å². The molecular weight excluding hydrogens is 144 g/mol. The van der Waals surface area contributed by atoms with E-state index in [9.17, 15) is 0 Å². The summed E-state index contributed by atoms with van der Waals surface area (Å²) in [6, 6.07) is 1.75. The molecule has 0 saturated carbocycles. The molecule has 1 rings (SSSR count). The van der Waals surface area contributed by atoms with Crippen molar-refractivity contribution in [3.8, 4) is 0 Å². The molecule has 0 radical (unpaired) electrons. The van der Waals surface area contributed by atoms with Gasteiger partial charge in [-0.3, -0.25) is 0 Å². The van der Waals surface area contributed by atoms with E-state index >= 15 is 0 Å². The lowest BCUT2D eigenvalue weighted by Gasteiger charge is -1.82. The number of rotatable bonds is 3. The molecule has 0 saturated heterocycles. The van der Waals surface area contributed by atoms with Crippen LogP contribution in [0, 0.1) is 0 Å². The molecule has 4 nitrogen and oxygen atoms in total. The van der Waals surface area contributed by atoms with Crippen molar-refractivity contribution in [1.82, 2.24) is 5.16 Å². The summed E-state index contributed by atoms with van der Waals surface area (Å²) in [5.74, 6) is 0.482. The van der Waals surface area contributed by atoms with E-state index in [1.54, 1.807) is 6.07 Å². The lowest BCUT2D eigenvalue weighted by Crippen LogP contribution is -1.79. The highest BCUT2D eigenvalue weighted by atomic mass is 16.5. The van der Waals surface area contributed by atoms with Gasteiger partial charge < -0.3 is 9.73 Å². The normalized spacial score (nSPS) is 11.0. The first kappa shape index (κ1) is 7.78. The number of aryl methyl sites for hydroxylation is 1. The summed E-state index contributed by atoms with van der Waals surface area (Å²) in [5, 5.41) is 14.7. The summed E-state index contributed by atoms with van der Waals surface area (Å²) >= 11 is 0. The molecule has 0 bridgehead atoms. The monoisotopic (exact) mass is 154 g/mol. The molecule has 0 unspecified atom stereocenters. The van der Waals surface area contributed by atoms with Crippen LogP contribution in [0.3, 0.4) is 0 Å². The minimum Gasteiger partial charge on any atom is -0.411 e. The molecular formula is C7H10N2O2. The maximum absolute atomic E-state index is 8.14. The second kappa shape index (κ2) is 3.75. The van der Waals surface area contributed by atoms with Crippen LogP contribution in [0.15, 0.2) is 15.7 Å². The van der Waals surface area contributed by atoms with Gasteiger partial charge in [0.2, 0.25) is 0 Å². The smallest absolute Gasteiger partial charge is 0.181 e. The van der Waals surface area contributed by atoms with E-state index in [0.29, 0.717) is 5.76 Å². The Labute approximate surface area is 64.5 Å². The summed E-state index contributed by atoms with van der Waals surface area (Å²) in [4.78, 5) is 0.